The molecule has 130 valence electrons. The Morgan fingerprint density at radius 3 is 3.00 bits per heavy atom. The van der Waals surface area contributed by atoms with Crippen molar-refractivity contribution in [1.29, 1.82) is 0 Å². The van der Waals surface area contributed by atoms with E-state index in [4.69, 9.17) is 4.74 Å². The van der Waals surface area contributed by atoms with E-state index in [0.717, 1.165) is 18.7 Å². The van der Waals surface area contributed by atoms with Crippen LogP contribution in [-0.4, -0.2) is 36.9 Å². The van der Waals surface area contributed by atoms with Crippen molar-refractivity contribution in [2.24, 2.45) is 5.92 Å². The summed E-state index contributed by atoms with van der Waals surface area (Å²) in [6.07, 6.45) is 8.27. The largest absolute Gasteiger partial charge is 0.497 e. The summed E-state index contributed by atoms with van der Waals surface area (Å²) in [6, 6.07) is 7.25. The Hall–Kier alpha value is -1.35. The molecule has 1 aromatic carbocycles. The fraction of sp³-hybridized carbons (Fsp3) is 0.667. The average molecular weight is 327 g/mol. The lowest BCUT2D eigenvalue weighted by molar-refractivity contribution is -0.122. The molecule has 0 amide bonds. The summed E-state index contributed by atoms with van der Waals surface area (Å²) >= 11 is 0. The number of piperidine rings is 1. The van der Waals surface area contributed by atoms with Gasteiger partial charge in [0.05, 0.1) is 13.7 Å². The number of methoxy groups -OCH3 is 1. The second kappa shape index (κ2) is 6.18. The number of ketones is 1. The van der Waals surface area contributed by atoms with E-state index in [2.05, 4.69) is 23.1 Å². The van der Waals surface area contributed by atoms with Crippen LogP contribution in [0.25, 0.3) is 0 Å². The van der Waals surface area contributed by atoms with Gasteiger partial charge in [0.25, 0.3) is 0 Å². The first-order valence-electron chi connectivity index (χ1n) is 9.61. The van der Waals surface area contributed by atoms with Gasteiger partial charge in [-0.25, -0.2) is 0 Å². The van der Waals surface area contributed by atoms with E-state index in [9.17, 15) is 4.79 Å². The fourth-order valence-corrected chi connectivity index (χ4v) is 5.73. The van der Waals surface area contributed by atoms with Gasteiger partial charge in [0.2, 0.25) is 0 Å². The lowest BCUT2D eigenvalue weighted by Crippen LogP contribution is -2.61. The molecule has 1 saturated heterocycles. The highest BCUT2D eigenvalue weighted by atomic mass is 16.5. The summed E-state index contributed by atoms with van der Waals surface area (Å²) in [7, 11) is 1.77. The zero-order chi connectivity index (χ0) is 16.7. The molecular formula is C21H29NO2. The monoisotopic (exact) mass is 327 g/mol. The quantitative estimate of drug-likeness (QED) is 0.844. The zero-order valence-corrected chi connectivity index (χ0v) is 15.0. The van der Waals surface area contributed by atoms with Gasteiger partial charge in [0, 0.05) is 17.9 Å². The third-order valence-electron chi connectivity index (χ3n) is 6.93. The molecule has 24 heavy (non-hydrogen) atoms. The number of ether oxygens (including phenoxy) is 1. The number of carbonyl (C=O) groups excluding carboxylic acids is 1. The molecule has 4 rings (SSSR count). The molecule has 2 fully saturated rings. The minimum atomic E-state index is 0.330. The van der Waals surface area contributed by atoms with Gasteiger partial charge in [-0.1, -0.05) is 25.8 Å². The first kappa shape index (κ1) is 16.1. The molecule has 2 aliphatic carbocycles. The van der Waals surface area contributed by atoms with Crippen LogP contribution < -0.4 is 4.74 Å². The molecule has 3 aliphatic rings. The predicted octanol–water partition coefficient (Wildman–Crippen LogP) is 3.73. The third kappa shape index (κ3) is 2.40. The second-order valence-electron chi connectivity index (χ2n) is 7.92. The van der Waals surface area contributed by atoms with Gasteiger partial charge in [-0.05, 0) is 61.4 Å². The van der Waals surface area contributed by atoms with E-state index >= 15 is 0 Å². The van der Waals surface area contributed by atoms with Crippen LogP contribution in [-0.2, 0) is 16.6 Å². The van der Waals surface area contributed by atoms with Crippen molar-refractivity contribution >= 4 is 5.78 Å². The molecule has 1 aromatic rings. The predicted molar refractivity (Wildman–Crippen MR) is 95.6 cm³/mol. The normalized spacial score (nSPS) is 31.9. The van der Waals surface area contributed by atoms with Gasteiger partial charge in [-0.15, -0.1) is 0 Å². The van der Waals surface area contributed by atoms with Crippen LogP contribution in [0.3, 0.4) is 0 Å². The van der Waals surface area contributed by atoms with Crippen molar-refractivity contribution in [2.75, 3.05) is 20.2 Å². The lowest BCUT2D eigenvalue weighted by Gasteiger charge is -2.59. The van der Waals surface area contributed by atoms with Crippen LogP contribution in [0.4, 0.5) is 0 Å². The molecule has 2 bridgehead atoms. The lowest BCUT2D eigenvalue weighted by atomic mass is 9.52. The van der Waals surface area contributed by atoms with E-state index < -0.39 is 0 Å². The number of hydrogen-bond acceptors (Lipinski definition) is 3. The average Bonchev–Trinajstić information content (AvgIpc) is 2.63. The van der Waals surface area contributed by atoms with E-state index in [1.165, 1.54) is 37.7 Å². The molecule has 1 saturated carbocycles. The number of fused-ring (bicyclic) bond motifs is 1. The van der Waals surface area contributed by atoms with E-state index in [1.807, 2.05) is 6.92 Å². The Morgan fingerprint density at radius 2 is 2.21 bits per heavy atom. The van der Waals surface area contributed by atoms with Crippen molar-refractivity contribution in [2.45, 2.75) is 63.3 Å². The summed E-state index contributed by atoms with van der Waals surface area (Å²) in [6.45, 7) is 3.71. The molecule has 0 N–H and O–H groups in total. The molecule has 1 aliphatic heterocycles. The highest BCUT2D eigenvalue weighted by Gasteiger charge is 2.53. The van der Waals surface area contributed by atoms with Gasteiger partial charge in [0.15, 0.2) is 0 Å². The fourth-order valence-electron chi connectivity index (χ4n) is 5.73. The minimum Gasteiger partial charge on any atom is -0.497 e. The maximum Gasteiger partial charge on any atom is 0.146 e. The summed E-state index contributed by atoms with van der Waals surface area (Å²) in [5, 5.41) is 0. The van der Waals surface area contributed by atoms with Gasteiger partial charge in [0.1, 0.15) is 11.5 Å². The van der Waals surface area contributed by atoms with Crippen LogP contribution in [0.1, 0.15) is 56.6 Å². The molecule has 0 aromatic heterocycles. The Balaban J connectivity index is 1.74. The molecule has 1 heterocycles. The molecule has 0 spiro atoms. The Bertz CT molecular complexity index is 641. The highest BCUT2D eigenvalue weighted by Crippen LogP contribution is 2.56. The molecule has 3 nitrogen and oxygen atoms in total. The number of Topliss-reactive ketones (excluding diaryl/α,β-unsaturated/α-hetero) is 1. The van der Waals surface area contributed by atoms with Crippen LogP contribution in [0.5, 0.6) is 5.75 Å². The van der Waals surface area contributed by atoms with Gasteiger partial charge < -0.3 is 4.74 Å². The number of benzene rings is 1. The zero-order valence-electron chi connectivity index (χ0n) is 15.0. The standard InChI is InChI=1S/C21H29NO2/c1-3-16(23)14-22-11-10-21-9-5-4-6-18(21)20(22)12-15-7-8-17(24-2)13-19(15)21/h7-8,13,18,20H,3-6,9-12,14H2,1-2H3/t18-,20+,21+/m1/s1. The Labute approximate surface area is 145 Å². The Kier molecular flexibility index (Phi) is 4.16. The number of carbonyl (C=O) groups is 1. The number of rotatable bonds is 4. The summed E-state index contributed by atoms with van der Waals surface area (Å²) in [4.78, 5) is 14.6. The van der Waals surface area contributed by atoms with Crippen molar-refractivity contribution in [3.8, 4) is 5.75 Å². The molecule has 3 atom stereocenters. The van der Waals surface area contributed by atoms with Crippen LogP contribution in [0.15, 0.2) is 18.2 Å². The summed E-state index contributed by atoms with van der Waals surface area (Å²) in [5.41, 5.74) is 3.38. The van der Waals surface area contributed by atoms with Gasteiger partial charge in [-0.2, -0.15) is 0 Å². The topological polar surface area (TPSA) is 29.5 Å². The SMILES string of the molecule is CCC(=O)CN1CC[C@@]23CCCC[C@@H]2[C@@H]1Cc1ccc(OC)cc13. The number of hydrogen-bond donors (Lipinski definition) is 0. The van der Waals surface area contributed by atoms with Crippen molar-refractivity contribution in [3.63, 3.8) is 0 Å². The molecule has 0 radical (unpaired) electrons. The van der Waals surface area contributed by atoms with E-state index in [1.54, 1.807) is 12.7 Å². The summed E-state index contributed by atoms with van der Waals surface area (Å²) < 4.78 is 5.53. The van der Waals surface area contributed by atoms with Gasteiger partial charge in [-0.3, -0.25) is 9.69 Å². The third-order valence-corrected chi connectivity index (χ3v) is 6.93. The van der Waals surface area contributed by atoms with Crippen LogP contribution in [0.2, 0.25) is 0 Å². The second-order valence-corrected chi connectivity index (χ2v) is 7.92. The smallest absolute Gasteiger partial charge is 0.146 e. The van der Waals surface area contributed by atoms with Crippen molar-refractivity contribution in [3.05, 3.63) is 29.3 Å². The highest BCUT2D eigenvalue weighted by molar-refractivity contribution is 5.80. The molecule has 3 heteroatoms. The van der Waals surface area contributed by atoms with Gasteiger partial charge >= 0.3 is 0 Å². The van der Waals surface area contributed by atoms with Crippen molar-refractivity contribution in [1.82, 2.24) is 4.90 Å². The minimum absolute atomic E-state index is 0.330. The first-order valence-corrected chi connectivity index (χ1v) is 9.61. The van der Waals surface area contributed by atoms with E-state index in [0.29, 0.717) is 36.1 Å². The van der Waals surface area contributed by atoms with E-state index in [-0.39, 0.29) is 0 Å². The number of likely N-dealkylation sites (tertiary alicyclic amines) is 1. The maximum atomic E-state index is 12.1. The van der Waals surface area contributed by atoms with Crippen LogP contribution in [0, 0.1) is 5.92 Å². The maximum absolute atomic E-state index is 12.1. The molecular weight excluding hydrogens is 298 g/mol. The summed E-state index contributed by atoms with van der Waals surface area (Å²) in [5.74, 6) is 2.09. The van der Waals surface area contributed by atoms with Crippen LogP contribution >= 0.6 is 0 Å². The first-order chi connectivity index (χ1) is 11.7. The Morgan fingerprint density at radius 1 is 1.33 bits per heavy atom. The van der Waals surface area contributed by atoms with Crippen molar-refractivity contribution < 1.29 is 9.53 Å². The molecule has 0 unspecified atom stereocenters. The number of nitrogens with zero attached hydrogens (tertiary/aromatic N) is 1.